The highest BCUT2D eigenvalue weighted by molar-refractivity contribution is 5.86. The Hall–Kier alpha value is -3.45. The molecule has 0 spiro atoms. The molecule has 0 radical (unpaired) electrons. The highest BCUT2D eigenvalue weighted by Gasteiger charge is 2.29. The van der Waals surface area contributed by atoms with Gasteiger partial charge in [0.2, 0.25) is 11.8 Å². The number of ether oxygens (including phenoxy) is 1. The number of esters is 1. The van der Waals surface area contributed by atoms with Crippen LogP contribution in [0.5, 0.6) is 0 Å². The molecule has 1 aliphatic heterocycles. The molecule has 7 heteroatoms. The lowest BCUT2D eigenvalue weighted by Crippen LogP contribution is -2.45. The van der Waals surface area contributed by atoms with Crippen molar-refractivity contribution < 1.29 is 24.2 Å². The van der Waals surface area contributed by atoms with E-state index >= 15 is 0 Å². The molecule has 1 fully saturated rings. The Labute approximate surface area is 250 Å². The third-order valence-electron chi connectivity index (χ3n) is 8.49. The number of nitrogens with one attached hydrogen (secondary N) is 2. The summed E-state index contributed by atoms with van der Waals surface area (Å²) in [6.45, 7) is -0.0479. The monoisotopic (exact) mass is 574 g/mol. The van der Waals surface area contributed by atoms with Crippen LogP contribution in [0.15, 0.2) is 72.8 Å². The van der Waals surface area contributed by atoms with E-state index in [2.05, 4.69) is 10.6 Å². The van der Waals surface area contributed by atoms with Gasteiger partial charge >= 0.3 is 5.97 Å². The zero-order chi connectivity index (χ0) is 29.6. The summed E-state index contributed by atoms with van der Waals surface area (Å²) in [6.07, 6.45) is 12.5. The fourth-order valence-corrected chi connectivity index (χ4v) is 6.15. The van der Waals surface area contributed by atoms with Gasteiger partial charge in [-0.1, -0.05) is 105 Å². The van der Waals surface area contributed by atoms with Crippen molar-refractivity contribution in [2.75, 3.05) is 13.2 Å². The molecule has 2 amide bonds. The molecule has 226 valence electrons. The van der Waals surface area contributed by atoms with Crippen molar-refractivity contribution in [2.24, 2.45) is 17.8 Å². The zero-order valence-electron chi connectivity index (χ0n) is 24.6. The lowest BCUT2D eigenvalue weighted by molar-refractivity contribution is -0.150. The second-order valence-electron chi connectivity index (χ2n) is 11.9. The molecule has 42 heavy (non-hydrogen) atoms. The van der Waals surface area contributed by atoms with Crippen LogP contribution in [0.25, 0.3) is 0 Å². The van der Waals surface area contributed by atoms with Crippen LogP contribution >= 0.6 is 0 Å². The Kier molecular flexibility index (Phi) is 12.6. The van der Waals surface area contributed by atoms with E-state index in [0.29, 0.717) is 31.6 Å². The van der Waals surface area contributed by atoms with Gasteiger partial charge in [-0.05, 0) is 49.1 Å². The summed E-state index contributed by atoms with van der Waals surface area (Å²) in [5.74, 6) is -1.09. The summed E-state index contributed by atoms with van der Waals surface area (Å²) in [7, 11) is 0. The number of carbonyl (C=O) groups is 3. The highest BCUT2D eigenvalue weighted by Crippen LogP contribution is 2.28. The number of aliphatic hydroxyl groups excluding tert-OH is 1. The number of cyclic esters (lactones) is 1. The van der Waals surface area contributed by atoms with Gasteiger partial charge in [0.25, 0.3) is 0 Å². The maximum Gasteiger partial charge on any atom is 0.309 e. The molecule has 4 atom stereocenters. The van der Waals surface area contributed by atoms with E-state index in [4.69, 9.17) is 4.74 Å². The molecule has 1 saturated carbocycles. The molecule has 1 heterocycles. The molecular weight excluding hydrogens is 528 g/mol. The van der Waals surface area contributed by atoms with E-state index in [1.807, 2.05) is 72.8 Å². The standard InChI is InChI=1S/C35H46N2O5/c38-24-31(21-27-14-6-2-7-15-27)36-33(39)23-29-18-10-11-19-30(20-26-12-4-1-5-13-26)35(41)42-25-32(37-34(29)40)22-28-16-8-3-9-17-28/h1-2,4-7,10-15,28-32,38H,3,8-9,16-25H2,(H,36,39)(H,37,40)/t29-,30+,31-,32+/m1/s1. The van der Waals surface area contributed by atoms with Crippen molar-refractivity contribution in [3.05, 3.63) is 83.9 Å². The second kappa shape index (κ2) is 16.9. The molecule has 3 N–H and O–H groups in total. The van der Waals surface area contributed by atoms with E-state index in [1.165, 1.54) is 19.3 Å². The second-order valence-corrected chi connectivity index (χ2v) is 11.9. The van der Waals surface area contributed by atoms with Crippen LogP contribution in [-0.4, -0.2) is 48.2 Å². The lowest BCUT2D eigenvalue weighted by Gasteiger charge is -2.29. The molecule has 0 saturated heterocycles. The van der Waals surface area contributed by atoms with Crippen LogP contribution in [0, 0.1) is 17.8 Å². The van der Waals surface area contributed by atoms with E-state index in [-0.39, 0.29) is 49.4 Å². The largest absolute Gasteiger partial charge is 0.463 e. The molecule has 2 aromatic rings. The maximum atomic E-state index is 13.5. The van der Waals surface area contributed by atoms with Gasteiger partial charge in [0, 0.05) is 6.42 Å². The molecule has 2 aliphatic rings. The molecule has 7 nitrogen and oxygen atoms in total. The smallest absolute Gasteiger partial charge is 0.309 e. The number of aliphatic hydroxyl groups is 1. The fraction of sp³-hybridized carbons (Fsp3) is 0.514. The Morgan fingerprint density at radius 2 is 1.55 bits per heavy atom. The third-order valence-corrected chi connectivity index (χ3v) is 8.49. The predicted molar refractivity (Wildman–Crippen MR) is 163 cm³/mol. The van der Waals surface area contributed by atoms with Crippen LogP contribution in [-0.2, 0) is 32.0 Å². The normalized spacial score (nSPS) is 23.1. The molecule has 2 aromatic carbocycles. The number of rotatable bonds is 10. The van der Waals surface area contributed by atoms with Gasteiger partial charge in [0.15, 0.2) is 0 Å². The molecule has 4 rings (SSSR count). The minimum atomic E-state index is -0.561. The average molecular weight is 575 g/mol. The Morgan fingerprint density at radius 3 is 2.21 bits per heavy atom. The van der Waals surface area contributed by atoms with E-state index in [9.17, 15) is 19.5 Å². The molecular formula is C35H46N2O5. The topological polar surface area (TPSA) is 105 Å². The summed E-state index contributed by atoms with van der Waals surface area (Å²) < 4.78 is 5.85. The Bertz CT molecular complexity index is 1150. The van der Waals surface area contributed by atoms with E-state index in [1.54, 1.807) is 0 Å². The number of amides is 2. The average Bonchev–Trinajstić information content (AvgIpc) is 3.01. The summed E-state index contributed by atoms with van der Waals surface area (Å²) in [6, 6.07) is 18.9. The summed E-state index contributed by atoms with van der Waals surface area (Å²) in [5, 5.41) is 16.0. The van der Waals surface area contributed by atoms with Gasteiger partial charge in [0.05, 0.1) is 30.5 Å². The molecule has 0 unspecified atom stereocenters. The van der Waals surface area contributed by atoms with Crippen molar-refractivity contribution >= 4 is 17.8 Å². The number of benzene rings is 2. The van der Waals surface area contributed by atoms with Crippen molar-refractivity contribution in [1.82, 2.24) is 10.6 Å². The number of hydrogen-bond acceptors (Lipinski definition) is 5. The quantitative estimate of drug-likeness (QED) is 0.276. The molecule has 0 bridgehead atoms. The third kappa shape index (κ3) is 10.4. The first kappa shape index (κ1) is 31.5. The van der Waals surface area contributed by atoms with Crippen LogP contribution in [0.2, 0.25) is 0 Å². The van der Waals surface area contributed by atoms with Crippen molar-refractivity contribution in [3.8, 4) is 0 Å². The van der Waals surface area contributed by atoms with Crippen LogP contribution in [0.1, 0.15) is 68.9 Å². The van der Waals surface area contributed by atoms with Gasteiger partial charge in [-0.2, -0.15) is 0 Å². The van der Waals surface area contributed by atoms with E-state index < -0.39 is 12.0 Å². The Balaban J connectivity index is 1.45. The van der Waals surface area contributed by atoms with Crippen LogP contribution in [0.4, 0.5) is 0 Å². The Morgan fingerprint density at radius 1 is 0.905 bits per heavy atom. The SMILES string of the molecule is O=C(C[C@H]1CC=CC[C@@H](Cc2ccccc2)C(=O)OC[C@H](CC2CCCCC2)NC1=O)N[C@@H](CO)Cc1ccccc1. The van der Waals surface area contributed by atoms with Gasteiger partial charge < -0.3 is 20.5 Å². The zero-order valence-corrected chi connectivity index (χ0v) is 24.6. The first-order valence-corrected chi connectivity index (χ1v) is 15.6. The number of hydrogen-bond donors (Lipinski definition) is 3. The van der Waals surface area contributed by atoms with Crippen LogP contribution < -0.4 is 10.6 Å². The van der Waals surface area contributed by atoms with Gasteiger partial charge in [-0.15, -0.1) is 0 Å². The van der Waals surface area contributed by atoms with E-state index in [0.717, 1.165) is 30.4 Å². The predicted octanol–water partition coefficient (Wildman–Crippen LogP) is 4.92. The lowest BCUT2D eigenvalue weighted by atomic mass is 9.84. The van der Waals surface area contributed by atoms with Crippen molar-refractivity contribution in [2.45, 2.75) is 82.7 Å². The first-order valence-electron chi connectivity index (χ1n) is 15.6. The fourth-order valence-electron chi connectivity index (χ4n) is 6.15. The number of carbonyl (C=O) groups excluding carboxylic acids is 3. The van der Waals surface area contributed by atoms with Crippen molar-refractivity contribution in [3.63, 3.8) is 0 Å². The van der Waals surface area contributed by atoms with Crippen LogP contribution in [0.3, 0.4) is 0 Å². The highest BCUT2D eigenvalue weighted by atomic mass is 16.5. The molecule has 1 aliphatic carbocycles. The number of allylic oxidation sites excluding steroid dienone is 2. The van der Waals surface area contributed by atoms with Crippen molar-refractivity contribution in [1.29, 1.82) is 0 Å². The summed E-state index contributed by atoms with van der Waals surface area (Å²) >= 11 is 0. The summed E-state index contributed by atoms with van der Waals surface area (Å²) in [4.78, 5) is 39.8. The minimum absolute atomic E-state index is 0.0187. The van der Waals surface area contributed by atoms with Gasteiger partial charge in [-0.3, -0.25) is 14.4 Å². The van der Waals surface area contributed by atoms with Gasteiger partial charge in [0.1, 0.15) is 6.61 Å². The maximum absolute atomic E-state index is 13.5. The minimum Gasteiger partial charge on any atom is -0.463 e. The summed E-state index contributed by atoms with van der Waals surface area (Å²) in [5.41, 5.74) is 2.10. The van der Waals surface area contributed by atoms with Gasteiger partial charge in [-0.25, -0.2) is 0 Å². The first-order chi connectivity index (χ1) is 20.5. The molecule has 0 aromatic heterocycles.